The summed E-state index contributed by atoms with van der Waals surface area (Å²) < 4.78 is 41.5. The molecule has 214 valence electrons. The van der Waals surface area contributed by atoms with E-state index < -0.39 is 34.3 Å². The first kappa shape index (κ1) is 30.8. The average Bonchev–Trinajstić information content (AvgIpc) is 2.94. The van der Waals surface area contributed by atoms with Crippen molar-refractivity contribution in [1.29, 1.82) is 0 Å². The maximum absolute atomic E-state index is 14.8. The Kier molecular flexibility index (Phi) is 10.8. The molecule has 1 N–H and O–H groups in total. The van der Waals surface area contributed by atoms with Gasteiger partial charge in [0.1, 0.15) is 18.4 Å². The van der Waals surface area contributed by atoms with Crippen molar-refractivity contribution in [3.63, 3.8) is 0 Å². The molecule has 0 aliphatic rings. The van der Waals surface area contributed by atoms with Gasteiger partial charge >= 0.3 is 0 Å². The van der Waals surface area contributed by atoms with E-state index >= 15 is 0 Å². The number of hydrogen-bond acceptors (Lipinski definition) is 4. The van der Waals surface area contributed by atoms with Crippen molar-refractivity contribution in [1.82, 2.24) is 10.2 Å². The van der Waals surface area contributed by atoms with Crippen molar-refractivity contribution in [2.24, 2.45) is 0 Å². The summed E-state index contributed by atoms with van der Waals surface area (Å²) >= 11 is 0. The lowest BCUT2D eigenvalue weighted by atomic mass is 10.0. The molecule has 0 unspecified atom stereocenters. The molecule has 7 nitrogen and oxygen atoms in total. The Hall–Kier alpha value is -3.72. The Labute approximate surface area is 237 Å². The number of halogens is 1. The average molecular weight is 568 g/mol. The summed E-state index contributed by atoms with van der Waals surface area (Å²) in [6.45, 7) is 5.05. The minimum Gasteiger partial charge on any atom is -0.352 e. The normalized spacial score (nSPS) is 12.8. The molecule has 0 heterocycles. The molecule has 3 aromatic rings. The van der Waals surface area contributed by atoms with E-state index in [1.807, 2.05) is 63.2 Å². The van der Waals surface area contributed by atoms with Gasteiger partial charge in [0.25, 0.3) is 0 Å². The first-order chi connectivity index (χ1) is 19.0. The van der Waals surface area contributed by atoms with Gasteiger partial charge in [-0.3, -0.25) is 13.9 Å². The van der Waals surface area contributed by atoms with Crippen molar-refractivity contribution >= 4 is 27.5 Å². The maximum atomic E-state index is 14.8. The molecular formula is C31H38FN3O4S. The van der Waals surface area contributed by atoms with Crippen LogP contribution in [0.2, 0.25) is 0 Å². The third kappa shape index (κ3) is 8.39. The molecule has 2 atom stereocenters. The number of carbonyl (C=O) groups excluding carboxylic acids is 2. The summed E-state index contributed by atoms with van der Waals surface area (Å²) in [4.78, 5) is 28.9. The van der Waals surface area contributed by atoms with Crippen molar-refractivity contribution in [3.8, 4) is 0 Å². The molecule has 3 rings (SSSR count). The number of carbonyl (C=O) groups is 2. The van der Waals surface area contributed by atoms with Crippen molar-refractivity contribution in [3.05, 3.63) is 101 Å². The highest BCUT2D eigenvalue weighted by atomic mass is 32.2. The van der Waals surface area contributed by atoms with Crippen LogP contribution in [0.4, 0.5) is 10.1 Å². The number of rotatable bonds is 13. The number of nitrogens with one attached hydrogen (secondary N) is 1. The molecular weight excluding hydrogens is 529 g/mol. The van der Waals surface area contributed by atoms with Gasteiger partial charge in [0.2, 0.25) is 21.8 Å². The van der Waals surface area contributed by atoms with E-state index in [4.69, 9.17) is 0 Å². The predicted octanol–water partition coefficient (Wildman–Crippen LogP) is 4.71. The second-order valence-electron chi connectivity index (χ2n) is 9.93. The second-order valence-corrected chi connectivity index (χ2v) is 11.8. The summed E-state index contributed by atoms with van der Waals surface area (Å²) in [5.74, 6) is -1.52. The fourth-order valence-electron chi connectivity index (χ4n) is 4.32. The molecule has 0 saturated carbocycles. The Bertz CT molecular complexity index is 1380. The Morgan fingerprint density at radius 3 is 2.10 bits per heavy atom. The van der Waals surface area contributed by atoms with Crippen molar-refractivity contribution in [2.45, 2.75) is 58.7 Å². The second kappa shape index (κ2) is 14.1. The van der Waals surface area contributed by atoms with Crippen LogP contribution in [0, 0.1) is 5.82 Å². The molecule has 0 radical (unpaired) electrons. The molecule has 0 aromatic heterocycles. The van der Waals surface area contributed by atoms with E-state index in [1.165, 1.54) is 11.0 Å². The molecule has 0 spiro atoms. The van der Waals surface area contributed by atoms with Gasteiger partial charge in [-0.15, -0.1) is 0 Å². The molecule has 0 aliphatic heterocycles. The Balaban J connectivity index is 2.06. The molecule has 40 heavy (non-hydrogen) atoms. The first-order valence-corrected chi connectivity index (χ1v) is 15.3. The number of aryl methyl sites for hydroxylation is 1. The summed E-state index contributed by atoms with van der Waals surface area (Å²) in [6.07, 6.45) is 2.67. The summed E-state index contributed by atoms with van der Waals surface area (Å²) in [6, 6.07) is 21.1. The minimum atomic E-state index is -3.86. The smallest absolute Gasteiger partial charge is 0.244 e. The monoisotopic (exact) mass is 567 g/mol. The van der Waals surface area contributed by atoms with E-state index in [0.717, 1.165) is 28.1 Å². The summed E-state index contributed by atoms with van der Waals surface area (Å²) in [5.41, 5.74) is 2.40. The van der Waals surface area contributed by atoms with E-state index in [0.29, 0.717) is 12.1 Å². The van der Waals surface area contributed by atoms with Crippen LogP contribution in [-0.4, -0.2) is 50.0 Å². The molecule has 2 amide bonds. The van der Waals surface area contributed by atoms with Crippen LogP contribution in [0.1, 0.15) is 43.9 Å². The molecule has 0 aliphatic carbocycles. The highest BCUT2D eigenvalue weighted by Crippen LogP contribution is 2.22. The van der Waals surface area contributed by atoms with Gasteiger partial charge in [0, 0.05) is 24.6 Å². The predicted molar refractivity (Wildman–Crippen MR) is 157 cm³/mol. The van der Waals surface area contributed by atoms with E-state index in [-0.39, 0.29) is 30.5 Å². The summed E-state index contributed by atoms with van der Waals surface area (Å²) in [5, 5.41) is 2.96. The SMILES string of the molecule is CCc1ccc(N(CC(=O)N(Cc2ccccc2F)[C@H](Cc2ccccc2)C(=O)N[C@@H](C)CC)S(C)(=O)=O)cc1. The maximum Gasteiger partial charge on any atom is 0.244 e. The first-order valence-electron chi connectivity index (χ1n) is 13.5. The van der Waals surface area contributed by atoms with Crippen LogP contribution < -0.4 is 9.62 Å². The number of amides is 2. The molecule has 0 fully saturated rings. The topological polar surface area (TPSA) is 86.8 Å². The molecule has 0 bridgehead atoms. The molecule has 3 aromatic carbocycles. The summed E-state index contributed by atoms with van der Waals surface area (Å²) in [7, 11) is -3.86. The largest absolute Gasteiger partial charge is 0.352 e. The lowest BCUT2D eigenvalue weighted by Gasteiger charge is -2.34. The highest BCUT2D eigenvalue weighted by molar-refractivity contribution is 7.92. The van der Waals surface area contributed by atoms with Gasteiger partial charge in [0.05, 0.1) is 11.9 Å². The lowest BCUT2D eigenvalue weighted by molar-refractivity contribution is -0.140. The fourth-order valence-corrected chi connectivity index (χ4v) is 5.17. The number of benzene rings is 3. The number of sulfonamides is 1. The van der Waals surface area contributed by atoms with Gasteiger partial charge < -0.3 is 10.2 Å². The molecule has 9 heteroatoms. The Morgan fingerprint density at radius 1 is 0.900 bits per heavy atom. The van der Waals surface area contributed by atoms with Gasteiger partial charge in [-0.05, 0) is 49.1 Å². The molecule has 0 saturated heterocycles. The van der Waals surface area contributed by atoms with Crippen LogP contribution in [-0.2, 0) is 39.0 Å². The third-order valence-corrected chi connectivity index (χ3v) is 8.02. The number of hydrogen-bond donors (Lipinski definition) is 1. The van der Waals surface area contributed by atoms with Gasteiger partial charge in [-0.2, -0.15) is 0 Å². The van der Waals surface area contributed by atoms with Crippen molar-refractivity contribution in [2.75, 3.05) is 17.1 Å². The zero-order chi connectivity index (χ0) is 29.3. The van der Waals surface area contributed by atoms with Crippen LogP contribution in [0.25, 0.3) is 0 Å². The zero-order valence-electron chi connectivity index (χ0n) is 23.5. The van der Waals surface area contributed by atoms with Gasteiger partial charge in [-0.25, -0.2) is 12.8 Å². The standard InChI is InChI=1S/C31H38FN3O4S/c1-5-23(3)33-31(37)29(20-25-12-8-7-9-13-25)34(21-26-14-10-11-15-28(26)32)30(36)22-35(40(4,38)39)27-18-16-24(6-2)17-19-27/h7-19,23,29H,5-6,20-22H2,1-4H3,(H,33,37)/t23-,29+/m0/s1. The van der Waals surface area contributed by atoms with E-state index in [1.54, 1.807) is 30.3 Å². The third-order valence-electron chi connectivity index (χ3n) is 6.88. The lowest BCUT2D eigenvalue weighted by Crippen LogP contribution is -2.54. The number of anilines is 1. The Morgan fingerprint density at radius 2 is 1.52 bits per heavy atom. The van der Waals surface area contributed by atoms with Crippen molar-refractivity contribution < 1.29 is 22.4 Å². The van der Waals surface area contributed by atoms with E-state index in [2.05, 4.69) is 5.32 Å². The minimum absolute atomic E-state index is 0.152. The van der Waals surface area contributed by atoms with Crippen LogP contribution in [0.5, 0.6) is 0 Å². The zero-order valence-corrected chi connectivity index (χ0v) is 24.3. The fraction of sp³-hybridized carbons (Fsp3) is 0.355. The van der Waals surface area contributed by atoms with Crippen LogP contribution >= 0.6 is 0 Å². The quantitative estimate of drug-likeness (QED) is 0.324. The number of nitrogens with zero attached hydrogens (tertiary/aromatic N) is 2. The van der Waals surface area contributed by atoms with E-state index in [9.17, 15) is 22.4 Å². The van der Waals surface area contributed by atoms with Crippen LogP contribution in [0.3, 0.4) is 0 Å². The van der Waals surface area contributed by atoms with Gasteiger partial charge in [0.15, 0.2) is 0 Å². The highest BCUT2D eigenvalue weighted by Gasteiger charge is 2.33. The van der Waals surface area contributed by atoms with Gasteiger partial charge in [-0.1, -0.05) is 74.5 Å². The van der Waals surface area contributed by atoms with Crippen LogP contribution in [0.15, 0.2) is 78.9 Å².